The second kappa shape index (κ2) is 6.18. The largest absolute Gasteiger partial charge is 0.464 e. The maximum atomic E-state index is 11.5. The fourth-order valence-corrected chi connectivity index (χ4v) is 2.20. The van der Waals surface area contributed by atoms with E-state index in [2.05, 4.69) is 4.72 Å². The van der Waals surface area contributed by atoms with Gasteiger partial charge in [0.2, 0.25) is 10.0 Å². The van der Waals surface area contributed by atoms with Gasteiger partial charge in [0, 0.05) is 13.5 Å². The summed E-state index contributed by atoms with van der Waals surface area (Å²) >= 11 is 0. The Morgan fingerprint density at radius 3 is 2.59 bits per heavy atom. The lowest BCUT2D eigenvalue weighted by Gasteiger charge is -2.15. The van der Waals surface area contributed by atoms with Crippen molar-refractivity contribution in [3.63, 3.8) is 0 Å². The minimum atomic E-state index is -3.28. The molecule has 0 bridgehead atoms. The van der Waals surface area contributed by atoms with Crippen LogP contribution in [0.2, 0.25) is 0 Å². The van der Waals surface area contributed by atoms with E-state index >= 15 is 0 Å². The Balaban J connectivity index is 2.85. The lowest BCUT2D eigenvalue weighted by Crippen LogP contribution is -2.32. The normalized spacial score (nSPS) is 13.8. The summed E-state index contributed by atoms with van der Waals surface area (Å²) in [4.78, 5) is 0. The molecule has 6 heteroatoms. The van der Waals surface area contributed by atoms with Crippen LogP contribution in [-0.2, 0) is 21.2 Å². The van der Waals surface area contributed by atoms with Gasteiger partial charge in [-0.05, 0) is 19.1 Å². The van der Waals surface area contributed by atoms with E-state index in [0.29, 0.717) is 5.76 Å². The summed E-state index contributed by atoms with van der Waals surface area (Å²) in [6.07, 6.45) is 0.778. The van der Waals surface area contributed by atoms with Gasteiger partial charge in [-0.1, -0.05) is 6.92 Å². The zero-order valence-electron chi connectivity index (χ0n) is 10.4. The Morgan fingerprint density at radius 1 is 1.41 bits per heavy atom. The molecule has 0 aliphatic carbocycles. The molecule has 5 nitrogen and oxygen atoms in total. The molecule has 1 atom stereocenters. The Labute approximate surface area is 102 Å². The van der Waals surface area contributed by atoms with Crippen molar-refractivity contribution >= 4 is 10.0 Å². The van der Waals surface area contributed by atoms with Gasteiger partial charge in [0.15, 0.2) is 0 Å². The molecule has 1 aromatic rings. The van der Waals surface area contributed by atoms with Crippen LogP contribution in [0.25, 0.3) is 0 Å². The minimum Gasteiger partial charge on any atom is -0.464 e. The second-order valence-electron chi connectivity index (χ2n) is 3.69. The lowest BCUT2D eigenvalue weighted by molar-refractivity contribution is 0.166. The predicted octanol–water partition coefficient (Wildman–Crippen LogP) is 1.47. The fraction of sp³-hybridized carbons (Fsp3) is 0.636. The van der Waals surface area contributed by atoms with E-state index in [1.165, 1.54) is 7.11 Å². The summed E-state index contributed by atoms with van der Waals surface area (Å²) in [5.41, 5.74) is 0. The van der Waals surface area contributed by atoms with Crippen LogP contribution in [0.4, 0.5) is 0 Å². The van der Waals surface area contributed by atoms with Gasteiger partial charge in [-0.3, -0.25) is 0 Å². The first-order chi connectivity index (χ1) is 8.02. The summed E-state index contributed by atoms with van der Waals surface area (Å²) in [7, 11) is -1.75. The second-order valence-corrected chi connectivity index (χ2v) is 5.73. The highest BCUT2D eigenvalue weighted by Gasteiger charge is 2.20. The molecule has 1 unspecified atom stereocenters. The number of rotatable bonds is 7. The highest BCUT2D eigenvalue weighted by molar-refractivity contribution is 7.89. The standard InChI is InChI=1S/C11H19NO4S/c1-4-9-6-7-11(16-9)10(8-15-3)12-17(13,14)5-2/h6-7,10,12H,4-5,8H2,1-3H3. The quantitative estimate of drug-likeness (QED) is 0.807. The minimum absolute atomic E-state index is 0.0363. The van der Waals surface area contributed by atoms with Crippen LogP contribution in [0, 0.1) is 0 Å². The van der Waals surface area contributed by atoms with E-state index in [9.17, 15) is 8.42 Å². The lowest BCUT2D eigenvalue weighted by atomic mass is 10.2. The number of sulfonamides is 1. The van der Waals surface area contributed by atoms with Crippen LogP contribution in [0.15, 0.2) is 16.5 Å². The Morgan fingerprint density at radius 2 is 2.12 bits per heavy atom. The predicted molar refractivity (Wildman–Crippen MR) is 65.3 cm³/mol. The Hall–Kier alpha value is -0.850. The van der Waals surface area contributed by atoms with Crippen molar-refractivity contribution in [1.82, 2.24) is 4.72 Å². The summed E-state index contributed by atoms with van der Waals surface area (Å²) < 4.78 is 36.1. The van der Waals surface area contributed by atoms with Gasteiger partial charge in [0.1, 0.15) is 17.6 Å². The molecule has 0 aromatic carbocycles. The molecule has 0 spiro atoms. The SMILES string of the molecule is CCc1ccc(C(COC)NS(=O)(=O)CC)o1. The smallest absolute Gasteiger partial charge is 0.212 e. The van der Waals surface area contributed by atoms with E-state index in [-0.39, 0.29) is 12.4 Å². The molecule has 98 valence electrons. The molecule has 0 saturated heterocycles. The third kappa shape index (κ3) is 4.14. The number of methoxy groups -OCH3 is 1. The molecule has 0 radical (unpaired) electrons. The van der Waals surface area contributed by atoms with E-state index in [0.717, 1.165) is 12.2 Å². The van der Waals surface area contributed by atoms with Crippen molar-refractivity contribution in [2.75, 3.05) is 19.5 Å². The van der Waals surface area contributed by atoms with Gasteiger partial charge >= 0.3 is 0 Å². The molecule has 0 aliphatic heterocycles. The molecular formula is C11H19NO4S. The van der Waals surface area contributed by atoms with Crippen LogP contribution < -0.4 is 4.72 Å². The van der Waals surface area contributed by atoms with Crippen molar-refractivity contribution in [3.8, 4) is 0 Å². The van der Waals surface area contributed by atoms with Gasteiger partial charge in [0.05, 0.1) is 12.4 Å². The first-order valence-electron chi connectivity index (χ1n) is 5.60. The van der Waals surface area contributed by atoms with Gasteiger partial charge in [0.25, 0.3) is 0 Å². The third-order valence-corrected chi connectivity index (χ3v) is 3.81. The summed E-state index contributed by atoms with van der Waals surface area (Å²) in [5, 5.41) is 0. The van der Waals surface area contributed by atoms with Crippen molar-refractivity contribution in [2.24, 2.45) is 0 Å². The highest BCUT2D eigenvalue weighted by Crippen LogP contribution is 2.18. The molecule has 0 aliphatic rings. The van der Waals surface area contributed by atoms with E-state index in [1.54, 1.807) is 13.0 Å². The maximum absolute atomic E-state index is 11.5. The number of furan rings is 1. The van der Waals surface area contributed by atoms with Crippen LogP contribution >= 0.6 is 0 Å². The Kier molecular flexibility index (Phi) is 5.17. The average molecular weight is 261 g/mol. The number of hydrogen-bond acceptors (Lipinski definition) is 4. The summed E-state index contributed by atoms with van der Waals surface area (Å²) in [6, 6.07) is 3.16. The molecule has 1 heterocycles. The first-order valence-corrected chi connectivity index (χ1v) is 7.25. The molecule has 0 amide bonds. The van der Waals surface area contributed by atoms with Gasteiger partial charge in [-0.15, -0.1) is 0 Å². The van der Waals surface area contributed by atoms with Crippen LogP contribution in [0.3, 0.4) is 0 Å². The first kappa shape index (κ1) is 14.2. The van der Waals surface area contributed by atoms with Crippen molar-refractivity contribution in [3.05, 3.63) is 23.7 Å². The average Bonchev–Trinajstić information content (AvgIpc) is 2.77. The van der Waals surface area contributed by atoms with Crippen LogP contribution in [-0.4, -0.2) is 27.9 Å². The van der Waals surface area contributed by atoms with Crippen molar-refractivity contribution < 1.29 is 17.6 Å². The zero-order valence-corrected chi connectivity index (χ0v) is 11.2. The van der Waals surface area contributed by atoms with Gasteiger partial charge in [-0.2, -0.15) is 0 Å². The Bertz CT molecular complexity index is 438. The van der Waals surface area contributed by atoms with Gasteiger partial charge in [-0.25, -0.2) is 13.1 Å². The summed E-state index contributed by atoms with van der Waals surface area (Å²) in [6.45, 7) is 3.81. The molecule has 17 heavy (non-hydrogen) atoms. The highest BCUT2D eigenvalue weighted by atomic mass is 32.2. The fourth-order valence-electron chi connectivity index (χ4n) is 1.41. The number of aryl methyl sites for hydroxylation is 1. The molecule has 0 fully saturated rings. The van der Waals surface area contributed by atoms with Crippen molar-refractivity contribution in [2.45, 2.75) is 26.3 Å². The molecule has 1 aromatic heterocycles. The van der Waals surface area contributed by atoms with E-state index in [4.69, 9.17) is 9.15 Å². The van der Waals surface area contributed by atoms with Crippen LogP contribution in [0.1, 0.15) is 31.4 Å². The molecule has 1 N–H and O–H groups in total. The molecule has 1 rings (SSSR count). The zero-order chi connectivity index (χ0) is 12.9. The number of nitrogens with one attached hydrogen (secondary N) is 1. The molecular weight excluding hydrogens is 242 g/mol. The number of hydrogen-bond donors (Lipinski definition) is 1. The third-order valence-electron chi connectivity index (χ3n) is 2.41. The monoisotopic (exact) mass is 261 g/mol. The topological polar surface area (TPSA) is 68.5 Å². The van der Waals surface area contributed by atoms with Crippen LogP contribution in [0.5, 0.6) is 0 Å². The van der Waals surface area contributed by atoms with Crippen molar-refractivity contribution in [1.29, 1.82) is 0 Å². The number of ether oxygens (including phenoxy) is 1. The van der Waals surface area contributed by atoms with Gasteiger partial charge < -0.3 is 9.15 Å². The van der Waals surface area contributed by atoms with E-state index in [1.807, 2.05) is 13.0 Å². The maximum Gasteiger partial charge on any atom is 0.212 e. The summed E-state index contributed by atoms with van der Waals surface area (Å²) in [5.74, 6) is 1.45. The molecule has 0 saturated carbocycles. The van der Waals surface area contributed by atoms with E-state index < -0.39 is 16.1 Å².